The molecule has 2 aromatic rings. The lowest BCUT2D eigenvalue weighted by Crippen LogP contribution is -2.19. The highest BCUT2D eigenvalue weighted by atomic mass is 79.9. The summed E-state index contributed by atoms with van der Waals surface area (Å²) in [7, 11) is 3.36. The first-order valence-corrected chi connectivity index (χ1v) is 6.76. The number of hydrogen-bond acceptors (Lipinski definition) is 2. The van der Waals surface area contributed by atoms with Gasteiger partial charge in [-0.15, -0.1) is 0 Å². The van der Waals surface area contributed by atoms with Crippen molar-refractivity contribution in [2.75, 3.05) is 12.4 Å². The molecule has 0 aliphatic rings. The predicted molar refractivity (Wildman–Crippen MR) is 80.9 cm³/mol. The SMILES string of the molecule is CNC(=O)c1cccc(NC(=O)c2cc(Br)cn2C)c1. The van der Waals surface area contributed by atoms with Gasteiger partial charge >= 0.3 is 0 Å². The molecule has 20 heavy (non-hydrogen) atoms. The van der Waals surface area contributed by atoms with E-state index in [0.717, 1.165) is 4.47 Å². The van der Waals surface area contributed by atoms with E-state index in [-0.39, 0.29) is 11.8 Å². The number of benzene rings is 1. The number of nitrogens with zero attached hydrogens (tertiary/aromatic N) is 1. The highest BCUT2D eigenvalue weighted by Gasteiger charge is 2.12. The number of carbonyl (C=O) groups excluding carboxylic acids is 2. The first-order chi connectivity index (χ1) is 9.51. The van der Waals surface area contributed by atoms with Gasteiger partial charge in [0.15, 0.2) is 0 Å². The van der Waals surface area contributed by atoms with Gasteiger partial charge in [-0.3, -0.25) is 9.59 Å². The minimum absolute atomic E-state index is 0.192. The lowest BCUT2D eigenvalue weighted by molar-refractivity contribution is 0.0961. The Hall–Kier alpha value is -2.08. The van der Waals surface area contributed by atoms with E-state index >= 15 is 0 Å². The maximum atomic E-state index is 12.1. The molecule has 0 unspecified atom stereocenters. The molecule has 1 heterocycles. The first-order valence-electron chi connectivity index (χ1n) is 5.96. The van der Waals surface area contributed by atoms with Gasteiger partial charge in [0, 0.05) is 36.0 Å². The fraction of sp³-hybridized carbons (Fsp3) is 0.143. The van der Waals surface area contributed by atoms with Crippen LogP contribution in [0.5, 0.6) is 0 Å². The van der Waals surface area contributed by atoms with Crippen molar-refractivity contribution in [1.29, 1.82) is 0 Å². The summed E-state index contributed by atoms with van der Waals surface area (Å²) < 4.78 is 2.56. The van der Waals surface area contributed by atoms with Crippen LogP contribution in [0.25, 0.3) is 0 Å². The molecule has 0 aliphatic heterocycles. The van der Waals surface area contributed by atoms with Crippen LogP contribution in [-0.4, -0.2) is 23.4 Å². The summed E-state index contributed by atoms with van der Waals surface area (Å²) in [6.07, 6.45) is 1.80. The average Bonchev–Trinajstić information content (AvgIpc) is 2.77. The van der Waals surface area contributed by atoms with E-state index in [1.165, 1.54) is 0 Å². The van der Waals surface area contributed by atoms with Crippen molar-refractivity contribution in [3.8, 4) is 0 Å². The molecule has 1 aromatic carbocycles. The molecule has 2 amide bonds. The zero-order valence-corrected chi connectivity index (χ0v) is 12.7. The number of amides is 2. The topological polar surface area (TPSA) is 63.1 Å². The van der Waals surface area contributed by atoms with Crippen molar-refractivity contribution in [1.82, 2.24) is 9.88 Å². The third-order valence-corrected chi connectivity index (χ3v) is 3.25. The molecule has 6 heteroatoms. The summed E-state index contributed by atoms with van der Waals surface area (Å²) in [5, 5.41) is 5.32. The monoisotopic (exact) mass is 335 g/mol. The minimum Gasteiger partial charge on any atom is -0.355 e. The molecule has 0 atom stereocenters. The molecular weight excluding hydrogens is 322 g/mol. The second-order valence-corrected chi connectivity index (χ2v) is 5.18. The van der Waals surface area contributed by atoms with E-state index < -0.39 is 0 Å². The summed E-state index contributed by atoms with van der Waals surface area (Å²) in [6.45, 7) is 0. The number of aromatic nitrogens is 1. The Morgan fingerprint density at radius 1 is 1.20 bits per heavy atom. The van der Waals surface area contributed by atoms with Gasteiger partial charge in [0.25, 0.3) is 11.8 Å². The number of aryl methyl sites for hydroxylation is 1. The van der Waals surface area contributed by atoms with Crippen LogP contribution < -0.4 is 10.6 Å². The molecule has 0 fully saturated rings. The van der Waals surface area contributed by atoms with Gasteiger partial charge in [-0.2, -0.15) is 0 Å². The minimum atomic E-state index is -0.229. The Kier molecular flexibility index (Phi) is 4.24. The van der Waals surface area contributed by atoms with Crippen LogP contribution in [-0.2, 0) is 7.05 Å². The Morgan fingerprint density at radius 2 is 1.95 bits per heavy atom. The predicted octanol–water partition coefficient (Wildman–Crippen LogP) is 2.40. The Morgan fingerprint density at radius 3 is 2.55 bits per heavy atom. The molecule has 0 saturated carbocycles. The normalized spacial score (nSPS) is 10.2. The van der Waals surface area contributed by atoms with Crippen molar-refractivity contribution < 1.29 is 9.59 Å². The summed E-state index contributed by atoms with van der Waals surface area (Å²) in [4.78, 5) is 23.7. The number of rotatable bonds is 3. The van der Waals surface area contributed by atoms with Crippen molar-refractivity contribution in [2.24, 2.45) is 7.05 Å². The first kappa shape index (κ1) is 14.3. The molecule has 0 spiro atoms. The van der Waals surface area contributed by atoms with Crippen molar-refractivity contribution in [3.63, 3.8) is 0 Å². The van der Waals surface area contributed by atoms with Crippen LogP contribution in [0.3, 0.4) is 0 Å². The van der Waals surface area contributed by atoms with Gasteiger partial charge in [-0.25, -0.2) is 0 Å². The smallest absolute Gasteiger partial charge is 0.272 e. The van der Waals surface area contributed by atoms with Gasteiger partial charge in [-0.05, 0) is 40.2 Å². The molecule has 1 aromatic heterocycles. The van der Waals surface area contributed by atoms with Gasteiger partial charge in [0.1, 0.15) is 5.69 Å². The largest absolute Gasteiger partial charge is 0.355 e. The molecule has 2 rings (SSSR count). The van der Waals surface area contributed by atoms with Gasteiger partial charge in [-0.1, -0.05) is 6.07 Å². The third kappa shape index (κ3) is 3.08. The van der Waals surface area contributed by atoms with E-state index in [0.29, 0.717) is 16.9 Å². The summed E-state index contributed by atoms with van der Waals surface area (Å²) in [5.74, 6) is -0.421. The molecule has 104 valence electrons. The molecule has 0 aliphatic carbocycles. The van der Waals surface area contributed by atoms with Crippen molar-refractivity contribution in [3.05, 3.63) is 52.3 Å². The van der Waals surface area contributed by atoms with Crippen molar-refractivity contribution in [2.45, 2.75) is 0 Å². The average molecular weight is 336 g/mol. The number of anilines is 1. The summed E-state index contributed by atoms with van der Waals surface area (Å²) in [6, 6.07) is 8.52. The van der Waals surface area contributed by atoms with Crippen LogP contribution in [0, 0.1) is 0 Å². The standard InChI is InChI=1S/C14H14BrN3O2/c1-16-13(19)9-4-3-5-11(6-9)17-14(20)12-7-10(15)8-18(12)2/h3-8H,1-2H3,(H,16,19)(H,17,20). The quantitative estimate of drug-likeness (QED) is 0.904. The zero-order chi connectivity index (χ0) is 14.7. The van der Waals surface area contributed by atoms with E-state index in [2.05, 4.69) is 26.6 Å². The lowest BCUT2D eigenvalue weighted by Gasteiger charge is -2.07. The second kappa shape index (κ2) is 5.92. The van der Waals surface area contributed by atoms with Crippen LogP contribution in [0.1, 0.15) is 20.8 Å². The third-order valence-electron chi connectivity index (χ3n) is 2.81. The summed E-state index contributed by atoms with van der Waals surface area (Å²) in [5.41, 5.74) is 1.61. The maximum Gasteiger partial charge on any atom is 0.272 e. The van der Waals surface area contributed by atoms with Gasteiger partial charge in [0.05, 0.1) is 0 Å². The van der Waals surface area contributed by atoms with E-state index in [1.807, 2.05) is 0 Å². The Labute approximate surface area is 125 Å². The lowest BCUT2D eigenvalue weighted by atomic mass is 10.2. The van der Waals surface area contributed by atoms with Crippen LogP contribution in [0.2, 0.25) is 0 Å². The molecular formula is C14H14BrN3O2. The van der Waals surface area contributed by atoms with E-state index in [4.69, 9.17) is 0 Å². The Bertz CT molecular complexity index is 664. The number of carbonyl (C=O) groups is 2. The highest BCUT2D eigenvalue weighted by Crippen LogP contribution is 2.16. The van der Waals surface area contributed by atoms with Gasteiger partial charge in [0.2, 0.25) is 0 Å². The molecule has 0 bridgehead atoms. The highest BCUT2D eigenvalue weighted by molar-refractivity contribution is 9.10. The van der Waals surface area contributed by atoms with Crippen molar-refractivity contribution >= 4 is 33.4 Å². The van der Waals surface area contributed by atoms with Gasteiger partial charge < -0.3 is 15.2 Å². The second-order valence-electron chi connectivity index (χ2n) is 4.27. The van der Waals surface area contributed by atoms with Crippen LogP contribution in [0.4, 0.5) is 5.69 Å². The zero-order valence-electron chi connectivity index (χ0n) is 11.1. The van der Waals surface area contributed by atoms with E-state index in [9.17, 15) is 9.59 Å². The number of hydrogen-bond donors (Lipinski definition) is 2. The summed E-state index contributed by atoms with van der Waals surface area (Å²) >= 11 is 3.32. The van der Waals surface area contributed by atoms with Crippen LogP contribution in [0.15, 0.2) is 41.0 Å². The number of halogens is 1. The maximum absolute atomic E-state index is 12.1. The molecule has 0 saturated heterocycles. The number of nitrogens with one attached hydrogen (secondary N) is 2. The fourth-order valence-corrected chi connectivity index (χ4v) is 2.35. The van der Waals surface area contributed by atoms with E-state index in [1.54, 1.807) is 55.2 Å². The molecule has 5 nitrogen and oxygen atoms in total. The fourth-order valence-electron chi connectivity index (χ4n) is 1.83. The Balaban J connectivity index is 2.20. The van der Waals surface area contributed by atoms with Crippen LogP contribution >= 0.6 is 15.9 Å². The molecule has 0 radical (unpaired) electrons. The molecule has 2 N–H and O–H groups in total.